The summed E-state index contributed by atoms with van der Waals surface area (Å²) in [5, 5.41) is 4.04. The van der Waals surface area contributed by atoms with E-state index in [1.54, 1.807) is 0 Å². The molecular weight excluding hydrogens is 270 g/mol. The summed E-state index contributed by atoms with van der Waals surface area (Å²) in [5.41, 5.74) is 9.75. The summed E-state index contributed by atoms with van der Waals surface area (Å²) in [5.74, 6) is 3.54. The first-order valence-electron chi connectivity index (χ1n) is 9.29. The molecule has 4 aliphatic carbocycles. The second kappa shape index (κ2) is 5.03. The zero-order valence-corrected chi connectivity index (χ0v) is 14.0. The third-order valence-corrected chi connectivity index (χ3v) is 8.18. The van der Waals surface area contributed by atoms with Gasteiger partial charge in [0.15, 0.2) is 0 Å². The van der Waals surface area contributed by atoms with Crippen molar-refractivity contribution in [2.24, 2.45) is 39.6 Å². The van der Waals surface area contributed by atoms with Gasteiger partial charge in [0.2, 0.25) is 0 Å². The van der Waals surface area contributed by atoms with Crippen molar-refractivity contribution in [2.45, 2.75) is 71.3 Å². The van der Waals surface area contributed by atoms with E-state index >= 15 is 0 Å². The zero-order chi connectivity index (χ0) is 15.4. The van der Waals surface area contributed by atoms with Crippen LogP contribution in [-0.2, 0) is 0 Å². The van der Waals surface area contributed by atoms with Crippen molar-refractivity contribution in [3.63, 3.8) is 0 Å². The Balaban J connectivity index is 1.58. The van der Waals surface area contributed by atoms with Crippen LogP contribution < -0.4 is 0 Å². The van der Waals surface area contributed by atoms with Crippen LogP contribution in [0.25, 0.3) is 10.4 Å². The molecule has 0 aliphatic heterocycles. The van der Waals surface area contributed by atoms with E-state index in [4.69, 9.17) is 5.53 Å². The van der Waals surface area contributed by atoms with Crippen LogP contribution in [0, 0.1) is 34.5 Å². The molecule has 0 radical (unpaired) electrons. The molecule has 0 aromatic heterocycles. The quantitative estimate of drug-likeness (QED) is 0.251. The van der Waals surface area contributed by atoms with Gasteiger partial charge in [-0.15, -0.1) is 0 Å². The van der Waals surface area contributed by atoms with Gasteiger partial charge in [-0.1, -0.05) is 31.1 Å². The normalized spacial score (nSPS) is 53.1. The van der Waals surface area contributed by atoms with Crippen LogP contribution in [0.3, 0.4) is 0 Å². The van der Waals surface area contributed by atoms with Gasteiger partial charge in [0, 0.05) is 11.0 Å². The lowest BCUT2D eigenvalue weighted by Crippen LogP contribution is -2.53. The number of hydrogen-bond acceptors (Lipinski definition) is 1. The molecule has 0 aromatic rings. The SMILES string of the molecule is C[C@]12CC[C@@H](N=[N+]=[N-])C[C@@H]1CC[C@H]1[C@H]3CC=C[C@]3(C)CC[C@@H]12. The van der Waals surface area contributed by atoms with Crippen LogP contribution in [0.4, 0.5) is 0 Å². The Hall–Kier alpha value is -0.950. The number of fused-ring (bicyclic) bond motifs is 5. The van der Waals surface area contributed by atoms with Gasteiger partial charge in [-0.2, -0.15) is 0 Å². The summed E-state index contributed by atoms with van der Waals surface area (Å²) in [7, 11) is 0. The molecule has 7 atom stereocenters. The minimum absolute atomic E-state index is 0.265. The molecule has 4 rings (SSSR count). The maximum atomic E-state index is 8.75. The van der Waals surface area contributed by atoms with Gasteiger partial charge in [-0.3, -0.25) is 0 Å². The summed E-state index contributed by atoms with van der Waals surface area (Å²) < 4.78 is 0. The first-order chi connectivity index (χ1) is 10.6. The second-order valence-corrected chi connectivity index (χ2v) is 8.97. The first-order valence-corrected chi connectivity index (χ1v) is 9.29. The third kappa shape index (κ3) is 1.98. The monoisotopic (exact) mass is 299 g/mol. The van der Waals surface area contributed by atoms with Crippen LogP contribution in [0.15, 0.2) is 17.3 Å². The van der Waals surface area contributed by atoms with Crippen molar-refractivity contribution in [2.75, 3.05) is 0 Å². The van der Waals surface area contributed by atoms with Crippen LogP contribution in [0.2, 0.25) is 0 Å². The van der Waals surface area contributed by atoms with Gasteiger partial charge in [0.25, 0.3) is 0 Å². The van der Waals surface area contributed by atoms with E-state index in [2.05, 4.69) is 36.0 Å². The maximum absolute atomic E-state index is 8.75. The lowest BCUT2D eigenvalue weighted by Gasteiger charge is -2.60. The minimum Gasteiger partial charge on any atom is -0.0906 e. The number of allylic oxidation sites excluding steroid dienone is 2. The molecule has 120 valence electrons. The molecular formula is C19H29N3. The highest BCUT2D eigenvalue weighted by Gasteiger charge is 2.56. The molecule has 0 amide bonds. The molecule has 22 heavy (non-hydrogen) atoms. The van der Waals surface area contributed by atoms with Crippen LogP contribution in [0.1, 0.15) is 65.2 Å². The number of rotatable bonds is 1. The van der Waals surface area contributed by atoms with E-state index in [9.17, 15) is 0 Å². The Labute approximate surface area is 134 Å². The maximum Gasteiger partial charge on any atom is 0.0377 e. The smallest absolute Gasteiger partial charge is 0.0377 e. The van der Waals surface area contributed by atoms with Gasteiger partial charge in [0.1, 0.15) is 0 Å². The Morgan fingerprint density at radius 2 is 1.95 bits per heavy atom. The van der Waals surface area contributed by atoms with Gasteiger partial charge in [-0.25, -0.2) is 0 Å². The summed E-state index contributed by atoms with van der Waals surface area (Å²) in [6, 6.07) is 0.265. The average molecular weight is 299 g/mol. The largest absolute Gasteiger partial charge is 0.0906 e. The van der Waals surface area contributed by atoms with E-state index in [1.807, 2.05) is 0 Å². The van der Waals surface area contributed by atoms with Crippen molar-refractivity contribution >= 4 is 0 Å². The topological polar surface area (TPSA) is 48.8 Å². The molecule has 0 bridgehead atoms. The molecule has 3 saturated carbocycles. The molecule has 3 nitrogen and oxygen atoms in total. The lowest BCUT2D eigenvalue weighted by atomic mass is 9.45. The van der Waals surface area contributed by atoms with Crippen LogP contribution in [-0.4, -0.2) is 6.04 Å². The van der Waals surface area contributed by atoms with Gasteiger partial charge >= 0.3 is 0 Å². The minimum atomic E-state index is 0.265. The Morgan fingerprint density at radius 3 is 2.77 bits per heavy atom. The first kappa shape index (κ1) is 14.6. The molecule has 0 aromatic carbocycles. The molecule has 0 heterocycles. The Kier molecular flexibility index (Phi) is 3.34. The summed E-state index contributed by atoms with van der Waals surface area (Å²) >= 11 is 0. The van der Waals surface area contributed by atoms with E-state index in [0.717, 1.165) is 36.5 Å². The van der Waals surface area contributed by atoms with Crippen molar-refractivity contribution in [1.82, 2.24) is 0 Å². The fourth-order valence-corrected chi connectivity index (χ4v) is 6.90. The molecule has 0 N–H and O–H groups in total. The Morgan fingerprint density at radius 1 is 1.09 bits per heavy atom. The Bertz CT molecular complexity index is 535. The highest BCUT2D eigenvalue weighted by molar-refractivity contribution is 5.16. The average Bonchev–Trinajstić information content (AvgIpc) is 2.89. The lowest BCUT2D eigenvalue weighted by molar-refractivity contribution is -0.0995. The van der Waals surface area contributed by atoms with E-state index in [0.29, 0.717) is 10.8 Å². The van der Waals surface area contributed by atoms with Gasteiger partial charge in [-0.05, 0) is 91.4 Å². The van der Waals surface area contributed by atoms with Crippen molar-refractivity contribution < 1.29 is 0 Å². The fraction of sp³-hybridized carbons (Fsp3) is 0.895. The molecule has 0 saturated heterocycles. The molecule has 0 unspecified atom stereocenters. The third-order valence-electron chi connectivity index (χ3n) is 8.18. The van der Waals surface area contributed by atoms with Gasteiger partial charge in [0.05, 0.1) is 0 Å². The van der Waals surface area contributed by atoms with Crippen LogP contribution >= 0.6 is 0 Å². The van der Waals surface area contributed by atoms with Crippen molar-refractivity contribution in [1.29, 1.82) is 0 Å². The number of azide groups is 1. The zero-order valence-electron chi connectivity index (χ0n) is 14.0. The van der Waals surface area contributed by atoms with E-state index in [1.165, 1.54) is 38.5 Å². The van der Waals surface area contributed by atoms with Crippen molar-refractivity contribution in [3.05, 3.63) is 22.6 Å². The predicted molar refractivity (Wildman–Crippen MR) is 89.2 cm³/mol. The fourth-order valence-electron chi connectivity index (χ4n) is 6.90. The molecule has 3 heteroatoms. The number of nitrogens with zero attached hydrogens (tertiary/aromatic N) is 3. The molecule has 3 fully saturated rings. The van der Waals surface area contributed by atoms with Crippen LogP contribution in [0.5, 0.6) is 0 Å². The highest BCUT2D eigenvalue weighted by atomic mass is 15.1. The summed E-state index contributed by atoms with van der Waals surface area (Å²) in [6.45, 7) is 5.08. The highest BCUT2D eigenvalue weighted by Crippen LogP contribution is 2.65. The standard InChI is InChI=1S/C19H29N3/c1-18-9-3-4-16(18)15-6-5-13-12-14(21-22-20)7-11-19(13,2)17(15)8-10-18/h3,9,13-17H,4-8,10-12H2,1-2H3/t13-,14+,15-,16+,17-,18+,19-/m0/s1. The molecule has 0 spiro atoms. The summed E-state index contributed by atoms with van der Waals surface area (Å²) in [6.07, 6.45) is 15.4. The second-order valence-electron chi connectivity index (χ2n) is 8.97. The van der Waals surface area contributed by atoms with E-state index < -0.39 is 0 Å². The number of hydrogen-bond donors (Lipinski definition) is 0. The summed E-state index contributed by atoms with van der Waals surface area (Å²) in [4.78, 5) is 3.07. The predicted octanol–water partition coefficient (Wildman–Crippen LogP) is 5.87. The van der Waals surface area contributed by atoms with Gasteiger partial charge < -0.3 is 0 Å². The molecule has 4 aliphatic rings. The van der Waals surface area contributed by atoms with E-state index in [-0.39, 0.29) is 6.04 Å². The van der Waals surface area contributed by atoms with Crippen molar-refractivity contribution in [3.8, 4) is 0 Å².